The van der Waals surface area contributed by atoms with Crippen LogP contribution in [0, 0.1) is 0 Å². The molecular formula is C48H37N3. The standard InChI is InChI=1S/C48H37N3/c1-5-10-32(6-2)47-50-45(30-46(51-47)38-24-20-36(21-25-38)40-11-9-28-49-31-40)37-22-18-34(19-23-37)33-14-16-35(17-15-33)39-26-27-44-42(29-39)41-12-7-8-13-43(41)48(44,3)4/h5-31H,1-2H2,3-4H3/b32-10+. The lowest BCUT2D eigenvalue weighted by Gasteiger charge is -2.21. The Hall–Kier alpha value is -6.45. The largest absolute Gasteiger partial charge is 0.264 e. The molecule has 51 heavy (non-hydrogen) atoms. The topological polar surface area (TPSA) is 38.7 Å². The van der Waals surface area contributed by atoms with Crippen molar-refractivity contribution in [1.82, 2.24) is 15.0 Å². The average molecular weight is 656 g/mol. The first-order valence-electron chi connectivity index (χ1n) is 17.2. The van der Waals surface area contributed by atoms with E-state index in [1.807, 2.05) is 18.3 Å². The first-order valence-corrected chi connectivity index (χ1v) is 17.2. The molecule has 7 aromatic rings. The molecule has 5 aromatic carbocycles. The molecule has 0 aliphatic heterocycles. The highest BCUT2D eigenvalue weighted by molar-refractivity contribution is 5.85. The SMILES string of the molecule is C=C/C=C(\C=C)c1nc(-c2ccc(-c3ccc(-c4ccc5c(c4)-c4ccccc4C5(C)C)cc3)cc2)cc(-c2ccc(-c3cccnc3)cc2)n1. The maximum atomic E-state index is 4.97. The summed E-state index contributed by atoms with van der Waals surface area (Å²) in [6.45, 7) is 12.5. The smallest absolute Gasteiger partial charge is 0.160 e. The minimum atomic E-state index is 0.0118. The quantitative estimate of drug-likeness (QED) is 0.153. The van der Waals surface area contributed by atoms with Crippen molar-refractivity contribution in [3.05, 3.63) is 194 Å². The molecule has 3 nitrogen and oxygen atoms in total. The number of aromatic nitrogens is 3. The average Bonchev–Trinajstić information content (AvgIpc) is 3.42. The van der Waals surface area contributed by atoms with Crippen molar-refractivity contribution in [2.45, 2.75) is 19.3 Å². The molecule has 2 aromatic heterocycles. The third-order valence-electron chi connectivity index (χ3n) is 9.99. The van der Waals surface area contributed by atoms with Gasteiger partial charge in [-0.1, -0.05) is 160 Å². The summed E-state index contributed by atoms with van der Waals surface area (Å²) in [5.41, 5.74) is 16.9. The van der Waals surface area contributed by atoms with Gasteiger partial charge < -0.3 is 0 Å². The lowest BCUT2D eigenvalue weighted by Crippen LogP contribution is -2.14. The summed E-state index contributed by atoms with van der Waals surface area (Å²) >= 11 is 0. The number of benzene rings is 5. The van der Waals surface area contributed by atoms with E-state index < -0.39 is 0 Å². The van der Waals surface area contributed by atoms with E-state index in [2.05, 4.69) is 159 Å². The molecule has 1 aliphatic carbocycles. The van der Waals surface area contributed by atoms with E-state index in [0.717, 1.165) is 44.8 Å². The minimum Gasteiger partial charge on any atom is -0.264 e. The number of allylic oxidation sites excluding steroid dienone is 4. The van der Waals surface area contributed by atoms with Crippen molar-refractivity contribution in [1.29, 1.82) is 0 Å². The molecule has 3 heteroatoms. The van der Waals surface area contributed by atoms with Crippen LogP contribution in [0.1, 0.15) is 30.8 Å². The molecule has 2 heterocycles. The summed E-state index contributed by atoms with van der Waals surface area (Å²) < 4.78 is 0. The van der Waals surface area contributed by atoms with Gasteiger partial charge in [-0.05, 0) is 73.8 Å². The van der Waals surface area contributed by atoms with E-state index in [-0.39, 0.29) is 5.41 Å². The Morgan fingerprint density at radius 3 is 1.63 bits per heavy atom. The molecule has 0 radical (unpaired) electrons. The summed E-state index contributed by atoms with van der Waals surface area (Å²) in [7, 11) is 0. The third-order valence-corrected chi connectivity index (χ3v) is 9.99. The van der Waals surface area contributed by atoms with Gasteiger partial charge in [0.1, 0.15) is 0 Å². The monoisotopic (exact) mass is 655 g/mol. The predicted molar refractivity (Wildman–Crippen MR) is 213 cm³/mol. The Balaban J connectivity index is 1.08. The fourth-order valence-corrected chi connectivity index (χ4v) is 7.19. The van der Waals surface area contributed by atoms with Gasteiger partial charge in [0.25, 0.3) is 0 Å². The number of nitrogens with zero attached hydrogens (tertiary/aromatic N) is 3. The highest BCUT2D eigenvalue weighted by atomic mass is 14.9. The molecule has 0 N–H and O–H groups in total. The summed E-state index contributed by atoms with van der Waals surface area (Å²) in [5.74, 6) is 0.604. The first kappa shape index (κ1) is 31.8. The summed E-state index contributed by atoms with van der Waals surface area (Å²) in [4.78, 5) is 14.2. The van der Waals surface area contributed by atoms with Crippen LogP contribution in [0.15, 0.2) is 177 Å². The molecule has 0 bridgehead atoms. The molecular weight excluding hydrogens is 619 g/mol. The van der Waals surface area contributed by atoms with Gasteiger partial charge >= 0.3 is 0 Å². The Labute approximate surface area is 300 Å². The molecule has 244 valence electrons. The van der Waals surface area contributed by atoms with Crippen LogP contribution < -0.4 is 0 Å². The van der Waals surface area contributed by atoms with Crippen molar-refractivity contribution in [3.63, 3.8) is 0 Å². The van der Waals surface area contributed by atoms with E-state index >= 15 is 0 Å². The van der Waals surface area contributed by atoms with Gasteiger partial charge in [0.15, 0.2) is 5.82 Å². The van der Waals surface area contributed by atoms with Gasteiger partial charge in [0, 0.05) is 34.5 Å². The summed E-state index contributed by atoms with van der Waals surface area (Å²) in [5, 5.41) is 0. The van der Waals surface area contributed by atoms with Crippen LogP contribution in [0.3, 0.4) is 0 Å². The van der Waals surface area contributed by atoms with E-state index in [4.69, 9.17) is 9.97 Å². The zero-order valence-electron chi connectivity index (χ0n) is 28.8. The molecule has 0 saturated carbocycles. The van der Waals surface area contributed by atoms with Crippen LogP contribution in [-0.2, 0) is 5.41 Å². The number of fused-ring (bicyclic) bond motifs is 3. The Morgan fingerprint density at radius 1 is 0.529 bits per heavy atom. The van der Waals surface area contributed by atoms with Crippen LogP contribution in [0.4, 0.5) is 0 Å². The van der Waals surface area contributed by atoms with Crippen LogP contribution in [-0.4, -0.2) is 15.0 Å². The van der Waals surface area contributed by atoms with E-state index in [1.54, 1.807) is 18.3 Å². The number of pyridine rings is 1. The molecule has 0 saturated heterocycles. The van der Waals surface area contributed by atoms with Gasteiger partial charge in [0.2, 0.25) is 0 Å². The van der Waals surface area contributed by atoms with Crippen molar-refractivity contribution >= 4 is 5.57 Å². The van der Waals surface area contributed by atoms with Crippen molar-refractivity contribution < 1.29 is 0 Å². The Morgan fingerprint density at radius 2 is 1.06 bits per heavy atom. The number of hydrogen-bond acceptors (Lipinski definition) is 3. The molecule has 0 atom stereocenters. The Kier molecular flexibility index (Phi) is 8.17. The predicted octanol–water partition coefficient (Wildman–Crippen LogP) is 12.3. The second-order valence-electron chi connectivity index (χ2n) is 13.4. The molecule has 1 aliphatic rings. The van der Waals surface area contributed by atoms with Gasteiger partial charge in [-0.25, -0.2) is 9.97 Å². The van der Waals surface area contributed by atoms with E-state index in [1.165, 1.54) is 38.9 Å². The van der Waals surface area contributed by atoms with E-state index in [9.17, 15) is 0 Å². The minimum absolute atomic E-state index is 0.0118. The molecule has 0 unspecified atom stereocenters. The fraction of sp³-hybridized carbons (Fsp3) is 0.0625. The van der Waals surface area contributed by atoms with Gasteiger partial charge in [-0.15, -0.1) is 0 Å². The lowest BCUT2D eigenvalue weighted by atomic mass is 9.82. The number of hydrogen-bond donors (Lipinski definition) is 0. The highest BCUT2D eigenvalue weighted by Crippen LogP contribution is 2.49. The molecule has 0 spiro atoms. The van der Waals surface area contributed by atoms with Crippen LogP contribution >= 0.6 is 0 Å². The maximum Gasteiger partial charge on any atom is 0.160 e. The third kappa shape index (κ3) is 5.94. The normalized spacial score (nSPS) is 12.9. The van der Waals surface area contributed by atoms with Crippen LogP contribution in [0.2, 0.25) is 0 Å². The second-order valence-corrected chi connectivity index (χ2v) is 13.4. The summed E-state index contributed by atoms with van der Waals surface area (Å²) in [6, 6.07) is 47.6. The van der Waals surface area contributed by atoms with Crippen molar-refractivity contribution in [3.8, 4) is 67.0 Å². The summed E-state index contributed by atoms with van der Waals surface area (Å²) in [6.07, 6.45) is 9.05. The number of rotatable bonds is 8. The molecule has 0 fully saturated rings. The van der Waals surface area contributed by atoms with Gasteiger partial charge in [-0.2, -0.15) is 0 Å². The fourth-order valence-electron chi connectivity index (χ4n) is 7.19. The zero-order valence-corrected chi connectivity index (χ0v) is 28.8. The van der Waals surface area contributed by atoms with Crippen molar-refractivity contribution in [2.24, 2.45) is 0 Å². The van der Waals surface area contributed by atoms with Crippen LogP contribution in [0.5, 0.6) is 0 Å². The molecule has 8 rings (SSSR count). The van der Waals surface area contributed by atoms with Crippen LogP contribution in [0.25, 0.3) is 72.6 Å². The zero-order chi connectivity index (χ0) is 35.0. The lowest BCUT2D eigenvalue weighted by molar-refractivity contribution is 0.660. The van der Waals surface area contributed by atoms with Crippen molar-refractivity contribution in [2.75, 3.05) is 0 Å². The Bertz CT molecular complexity index is 2430. The second kappa shape index (κ2) is 13.1. The highest BCUT2D eigenvalue weighted by Gasteiger charge is 2.35. The van der Waals surface area contributed by atoms with Gasteiger partial charge in [0.05, 0.1) is 11.4 Å². The first-order chi connectivity index (χ1) is 24.9. The molecule has 0 amide bonds. The maximum absolute atomic E-state index is 4.97. The van der Waals surface area contributed by atoms with E-state index in [0.29, 0.717) is 5.82 Å². The van der Waals surface area contributed by atoms with Gasteiger partial charge in [-0.3, -0.25) is 4.98 Å².